The molecule has 0 saturated heterocycles. The fraction of sp³-hybridized carbons (Fsp3) is 0.333. The second kappa shape index (κ2) is 8.90. The molecule has 0 saturated carbocycles. The highest BCUT2D eigenvalue weighted by Crippen LogP contribution is 2.26. The SMILES string of the molecule is CN=C(NCC(=O)Nc1ccc(F)c(F)c1F)NCC(C)(C)c1cccs1. The van der Waals surface area contributed by atoms with Gasteiger partial charge in [0.2, 0.25) is 5.91 Å². The summed E-state index contributed by atoms with van der Waals surface area (Å²) < 4.78 is 39.7. The molecule has 1 aromatic heterocycles. The van der Waals surface area contributed by atoms with Crippen LogP contribution in [0.15, 0.2) is 34.6 Å². The lowest BCUT2D eigenvalue weighted by atomic mass is 9.91. The summed E-state index contributed by atoms with van der Waals surface area (Å²) >= 11 is 1.65. The minimum Gasteiger partial charge on any atom is -0.356 e. The number of amides is 1. The molecule has 1 aromatic carbocycles. The maximum absolute atomic E-state index is 13.6. The Morgan fingerprint density at radius 1 is 1.15 bits per heavy atom. The molecule has 0 unspecified atom stereocenters. The van der Waals surface area contributed by atoms with Crippen LogP contribution in [0.4, 0.5) is 18.9 Å². The highest BCUT2D eigenvalue weighted by atomic mass is 32.1. The van der Waals surface area contributed by atoms with E-state index in [0.29, 0.717) is 12.5 Å². The smallest absolute Gasteiger partial charge is 0.243 e. The second-order valence-electron chi connectivity index (χ2n) is 6.41. The van der Waals surface area contributed by atoms with Crippen LogP contribution in [-0.4, -0.2) is 32.0 Å². The molecule has 0 bridgehead atoms. The molecule has 9 heteroatoms. The topological polar surface area (TPSA) is 65.5 Å². The highest BCUT2D eigenvalue weighted by molar-refractivity contribution is 7.10. The summed E-state index contributed by atoms with van der Waals surface area (Å²) in [7, 11) is 1.56. The predicted molar refractivity (Wildman–Crippen MR) is 102 cm³/mol. The molecule has 2 rings (SSSR count). The summed E-state index contributed by atoms with van der Waals surface area (Å²) in [6, 6.07) is 5.74. The lowest BCUT2D eigenvalue weighted by Gasteiger charge is -2.25. The fourth-order valence-electron chi connectivity index (χ4n) is 2.26. The van der Waals surface area contributed by atoms with Crippen molar-refractivity contribution in [2.24, 2.45) is 4.99 Å². The Labute approximate surface area is 159 Å². The first-order chi connectivity index (χ1) is 12.7. The van der Waals surface area contributed by atoms with Crippen molar-refractivity contribution in [3.63, 3.8) is 0 Å². The standard InChI is InChI=1S/C18H21F3N4OS/c1-18(2,13-5-4-8-27-13)10-24-17(22-3)23-9-14(26)25-12-7-6-11(19)15(20)16(12)21/h4-8H,9-10H2,1-3H3,(H,25,26)(H2,22,23,24). The van der Waals surface area contributed by atoms with Crippen LogP contribution in [0.2, 0.25) is 0 Å². The quantitative estimate of drug-likeness (QED) is 0.398. The van der Waals surface area contributed by atoms with Gasteiger partial charge in [-0.05, 0) is 23.6 Å². The molecule has 2 aromatic rings. The van der Waals surface area contributed by atoms with Gasteiger partial charge in [-0.1, -0.05) is 19.9 Å². The van der Waals surface area contributed by atoms with E-state index in [1.54, 1.807) is 18.4 Å². The Balaban J connectivity index is 1.87. The average Bonchev–Trinajstić information content (AvgIpc) is 3.18. The molecule has 1 amide bonds. The zero-order valence-electron chi connectivity index (χ0n) is 15.2. The fourth-order valence-corrected chi connectivity index (χ4v) is 3.11. The van der Waals surface area contributed by atoms with Crippen LogP contribution >= 0.6 is 11.3 Å². The van der Waals surface area contributed by atoms with Gasteiger partial charge in [-0.3, -0.25) is 9.79 Å². The summed E-state index contributed by atoms with van der Waals surface area (Å²) in [5.74, 6) is -4.62. The maximum atomic E-state index is 13.6. The van der Waals surface area contributed by atoms with Crippen molar-refractivity contribution in [3.8, 4) is 0 Å². The number of halogens is 3. The zero-order valence-corrected chi connectivity index (χ0v) is 16.0. The lowest BCUT2D eigenvalue weighted by Crippen LogP contribution is -2.45. The van der Waals surface area contributed by atoms with Gasteiger partial charge in [-0.15, -0.1) is 11.3 Å². The van der Waals surface area contributed by atoms with Gasteiger partial charge in [-0.2, -0.15) is 0 Å². The molecule has 146 valence electrons. The maximum Gasteiger partial charge on any atom is 0.243 e. The molecule has 1 heterocycles. The number of hydrogen-bond donors (Lipinski definition) is 3. The highest BCUT2D eigenvalue weighted by Gasteiger charge is 2.22. The summed E-state index contributed by atoms with van der Waals surface area (Å²) in [5, 5.41) is 10.1. The van der Waals surface area contributed by atoms with E-state index in [0.717, 1.165) is 12.1 Å². The van der Waals surface area contributed by atoms with E-state index in [-0.39, 0.29) is 12.0 Å². The molecule has 27 heavy (non-hydrogen) atoms. The average molecular weight is 398 g/mol. The number of guanidine groups is 1. The van der Waals surface area contributed by atoms with Crippen molar-refractivity contribution in [1.82, 2.24) is 10.6 Å². The van der Waals surface area contributed by atoms with E-state index in [1.807, 2.05) is 17.5 Å². The van der Waals surface area contributed by atoms with Gasteiger partial charge >= 0.3 is 0 Å². The van der Waals surface area contributed by atoms with Crippen LogP contribution in [0.25, 0.3) is 0 Å². The number of carbonyl (C=O) groups excluding carboxylic acids is 1. The number of anilines is 1. The normalized spacial score (nSPS) is 12.0. The molecule has 5 nitrogen and oxygen atoms in total. The molecule has 0 atom stereocenters. The van der Waals surface area contributed by atoms with Crippen LogP contribution in [0.3, 0.4) is 0 Å². The van der Waals surface area contributed by atoms with E-state index < -0.39 is 29.0 Å². The van der Waals surface area contributed by atoms with E-state index in [2.05, 4.69) is 34.8 Å². The predicted octanol–water partition coefficient (Wildman–Crippen LogP) is 3.25. The monoisotopic (exact) mass is 398 g/mol. The molecule has 0 fully saturated rings. The number of benzene rings is 1. The number of nitrogens with zero attached hydrogens (tertiary/aromatic N) is 1. The number of carbonyl (C=O) groups is 1. The Bertz CT molecular complexity index is 822. The van der Waals surface area contributed by atoms with Crippen LogP contribution in [-0.2, 0) is 10.2 Å². The second-order valence-corrected chi connectivity index (χ2v) is 7.36. The van der Waals surface area contributed by atoms with Crippen LogP contribution in [0, 0.1) is 17.5 Å². The Morgan fingerprint density at radius 2 is 1.89 bits per heavy atom. The molecule has 0 aliphatic carbocycles. The van der Waals surface area contributed by atoms with Crippen molar-refractivity contribution in [1.29, 1.82) is 0 Å². The first kappa shape index (κ1) is 20.8. The number of nitrogens with one attached hydrogen (secondary N) is 3. The van der Waals surface area contributed by atoms with Crippen LogP contribution in [0.1, 0.15) is 18.7 Å². The third-order valence-electron chi connectivity index (χ3n) is 3.84. The molecule has 0 aliphatic heterocycles. The summed E-state index contributed by atoms with van der Waals surface area (Å²) in [5.41, 5.74) is -0.564. The molecule has 3 N–H and O–H groups in total. The zero-order chi connectivity index (χ0) is 20.0. The van der Waals surface area contributed by atoms with Gasteiger partial charge in [-0.25, -0.2) is 13.2 Å². The van der Waals surface area contributed by atoms with E-state index in [4.69, 9.17) is 0 Å². The van der Waals surface area contributed by atoms with Gasteiger partial charge in [0.15, 0.2) is 23.4 Å². The van der Waals surface area contributed by atoms with Crippen molar-refractivity contribution in [2.45, 2.75) is 19.3 Å². The largest absolute Gasteiger partial charge is 0.356 e. The van der Waals surface area contributed by atoms with Crippen molar-refractivity contribution in [2.75, 3.05) is 25.5 Å². The minimum absolute atomic E-state index is 0.136. The van der Waals surface area contributed by atoms with Crippen LogP contribution in [0.5, 0.6) is 0 Å². The van der Waals surface area contributed by atoms with Gasteiger partial charge in [0.25, 0.3) is 0 Å². The van der Waals surface area contributed by atoms with Crippen molar-refractivity contribution in [3.05, 3.63) is 52.0 Å². The van der Waals surface area contributed by atoms with Gasteiger partial charge in [0, 0.05) is 23.9 Å². The van der Waals surface area contributed by atoms with E-state index in [9.17, 15) is 18.0 Å². The van der Waals surface area contributed by atoms with E-state index in [1.165, 1.54) is 4.88 Å². The third kappa shape index (κ3) is 5.46. The van der Waals surface area contributed by atoms with Crippen molar-refractivity contribution < 1.29 is 18.0 Å². The molecular weight excluding hydrogens is 377 g/mol. The molecule has 0 aliphatic rings. The van der Waals surface area contributed by atoms with Gasteiger partial charge in [0.05, 0.1) is 12.2 Å². The van der Waals surface area contributed by atoms with Crippen LogP contribution < -0.4 is 16.0 Å². The lowest BCUT2D eigenvalue weighted by molar-refractivity contribution is -0.115. The summed E-state index contributed by atoms with van der Waals surface area (Å²) in [6.07, 6.45) is 0. The van der Waals surface area contributed by atoms with Gasteiger partial charge in [0.1, 0.15) is 0 Å². The first-order valence-electron chi connectivity index (χ1n) is 8.16. The molecule has 0 radical (unpaired) electrons. The number of rotatable bonds is 6. The molecular formula is C18H21F3N4OS. The van der Waals surface area contributed by atoms with Gasteiger partial charge < -0.3 is 16.0 Å². The molecule has 0 spiro atoms. The first-order valence-corrected chi connectivity index (χ1v) is 9.04. The number of aliphatic imine (C=N–C) groups is 1. The Morgan fingerprint density at radius 3 is 2.52 bits per heavy atom. The Kier molecular flexibility index (Phi) is 6.84. The van der Waals surface area contributed by atoms with Crippen molar-refractivity contribution >= 4 is 28.9 Å². The summed E-state index contributed by atoms with van der Waals surface area (Å²) in [4.78, 5) is 17.2. The third-order valence-corrected chi connectivity index (χ3v) is 5.07. The minimum atomic E-state index is -1.63. The Hall–Kier alpha value is -2.55. The summed E-state index contributed by atoms with van der Waals surface area (Å²) in [6.45, 7) is 4.51. The number of hydrogen-bond acceptors (Lipinski definition) is 3. The van der Waals surface area contributed by atoms with E-state index >= 15 is 0 Å². The number of thiophene rings is 1.